The zero-order valence-corrected chi connectivity index (χ0v) is 45.9. The number of carbonyl (C=O) groups excluding carboxylic acids is 3. The number of nitrogens with zero attached hydrogens (tertiary/aromatic N) is 1. The normalized spacial score (nSPS) is 15.1. The average Bonchev–Trinajstić information content (AvgIpc) is 3.18. The quantitative estimate of drug-likeness (QED) is 0.0699. The van der Waals surface area contributed by atoms with Crippen LogP contribution < -0.4 is 17.1 Å². The van der Waals surface area contributed by atoms with E-state index in [4.69, 9.17) is 14.2 Å². The molecule has 0 saturated heterocycles. The lowest BCUT2D eigenvalue weighted by atomic mass is 9.77. The van der Waals surface area contributed by atoms with Crippen molar-refractivity contribution in [2.24, 2.45) is 0 Å². The molecule has 1 heterocycles. The number of ether oxygens (including phenoxy) is 3. The summed E-state index contributed by atoms with van der Waals surface area (Å²) in [6, 6.07) is 9.95. The number of carbonyl (C=O) groups is 3. The summed E-state index contributed by atoms with van der Waals surface area (Å²) in [5.74, 6) is -10.2. The zero-order chi connectivity index (χ0) is 54.7. The second-order valence-corrected chi connectivity index (χ2v) is 25.3. The Morgan fingerprint density at radius 2 is 0.634 bits per heavy atom. The first-order valence-electron chi connectivity index (χ1n) is 24.2. The summed E-state index contributed by atoms with van der Waals surface area (Å²) in [5.41, 5.74) is -3.20. The van der Waals surface area contributed by atoms with Crippen molar-refractivity contribution in [3.05, 3.63) is 118 Å². The van der Waals surface area contributed by atoms with Crippen molar-refractivity contribution in [2.45, 2.75) is 208 Å². The predicted octanol–water partition coefficient (Wildman–Crippen LogP) is 9.82. The summed E-state index contributed by atoms with van der Waals surface area (Å²) >= 11 is 0. The summed E-state index contributed by atoms with van der Waals surface area (Å²) in [7, 11) is 0. The number of hydrogen-bond acceptors (Lipinski definition) is 12. The first kappa shape index (κ1) is 57.5. The Morgan fingerprint density at radius 1 is 0.437 bits per heavy atom. The highest BCUT2D eigenvalue weighted by Gasteiger charge is 2.49. The van der Waals surface area contributed by atoms with E-state index in [2.05, 4.69) is 0 Å². The molecule has 390 valence electrons. The molecule has 5 N–H and O–H groups in total. The maximum atomic E-state index is 15.0. The van der Waals surface area contributed by atoms with Crippen LogP contribution in [-0.4, -0.2) is 53.7 Å². The van der Waals surface area contributed by atoms with Crippen LogP contribution in [0.3, 0.4) is 0 Å². The molecule has 4 aromatic rings. The number of phenolic OH excluding ortho intramolecular Hbond substituents is 3. The average molecular weight is 986 g/mol. The van der Waals surface area contributed by atoms with Gasteiger partial charge in [-0.2, -0.15) is 0 Å². The minimum absolute atomic E-state index is 0.0445. The number of aromatic nitrogens is 3. The van der Waals surface area contributed by atoms with Crippen LogP contribution in [0.15, 0.2) is 50.8 Å². The largest absolute Gasteiger partial charge is 0.507 e. The highest BCUT2D eigenvalue weighted by atomic mass is 16.9. The summed E-state index contributed by atoms with van der Waals surface area (Å²) in [6.45, 7) is 37.5. The van der Waals surface area contributed by atoms with Gasteiger partial charge >= 0.3 is 41.0 Å². The molecule has 0 spiro atoms. The van der Waals surface area contributed by atoms with E-state index in [0.717, 1.165) is 0 Å². The van der Waals surface area contributed by atoms with E-state index in [-0.39, 0.29) is 17.2 Å². The molecule has 0 aliphatic rings. The van der Waals surface area contributed by atoms with E-state index in [1.165, 1.54) is 20.8 Å². The van der Waals surface area contributed by atoms with E-state index in [0.29, 0.717) is 54.6 Å². The van der Waals surface area contributed by atoms with Crippen LogP contribution in [-0.2, 0) is 67.6 Å². The van der Waals surface area contributed by atoms with Crippen molar-refractivity contribution < 1.29 is 43.9 Å². The molecule has 0 saturated carbocycles. The Balaban J connectivity index is 2.08. The van der Waals surface area contributed by atoms with Gasteiger partial charge in [-0.1, -0.05) is 161 Å². The second kappa shape index (κ2) is 19.5. The molecular formula is C56H79N3O12. The lowest BCUT2D eigenvalue weighted by Crippen LogP contribution is -2.55. The number of esters is 3. The van der Waals surface area contributed by atoms with Crippen LogP contribution in [0.1, 0.15) is 213 Å². The van der Waals surface area contributed by atoms with Crippen LogP contribution in [0.25, 0.3) is 0 Å². The van der Waals surface area contributed by atoms with Crippen molar-refractivity contribution in [3.63, 3.8) is 0 Å². The van der Waals surface area contributed by atoms with Gasteiger partial charge in [0.2, 0.25) is 0 Å². The summed E-state index contributed by atoms with van der Waals surface area (Å²) in [5, 5.41) is 34.6. The van der Waals surface area contributed by atoms with Crippen LogP contribution in [0.5, 0.6) is 17.2 Å². The molecule has 15 heteroatoms. The molecule has 0 radical (unpaired) electrons. The smallest absolute Gasteiger partial charge is 0.443 e. The summed E-state index contributed by atoms with van der Waals surface area (Å²) < 4.78 is 18.9. The maximum Gasteiger partial charge on any atom is 0.443 e. The number of aromatic hydroxyl groups is 3. The van der Waals surface area contributed by atoms with Gasteiger partial charge < -0.3 is 29.5 Å². The van der Waals surface area contributed by atoms with Gasteiger partial charge in [0.15, 0.2) is 6.54 Å². The fourth-order valence-electron chi connectivity index (χ4n) is 8.23. The van der Waals surface area contributed by atoms with Gasteiger partial charge in [0.25, 0.3) is 0 Å². The molecule has 3 atom stereocenters. The Morgan fingerprint density at radius 3 is 0.817 bits per heavy atom. The molecule has 0 bridgehead atoms. The first-order valence-corrected chi connectivity index (χ1v) is 24.2. The topological polar surface area (TPSA) is 227 Å². The van der Waals surface area contributed by atoms with Gasteiger partial charge in [-0.25, -0.2) is 19.0 Å². The standard InChI is InChI=1S/C56H79N3O12/c1-29(32-22-35(50(4,5)6)41(60)36(23-32)51(7,8)9)44(63)69-56(28-59-48(67)57-47(66)58-49(59)68,70-45(64)30(2)33-24-37(52(10,11)12)42(61)38(25-33)53(13,14)15)71-46(65)31(3)34-26-39(54(16,17)18)43(62)40(27-34)55(19,20)21/h22-27,29-31,60-62H,28H2,1-21H3,(H2,57,58,66,67,68). The van der Waals surface area contributed by atoms with Gasteiger partial charge in [0.05, 0.1) is 17.8 Å². The van der Waals surface area contributed by atoms with E-state index in [1.54, 1.807) is 36.4 Å². The molecule has 0 amide bonds. The van der Waals surface area contributed by atoms with Crippen molar-refractivity contribution >= 4 is 17.9 Å². The van der Waals surface area contributed by atoms with Crippen molar-refractivity contribution in [2.75, 3.05) is 0 Å². The monoisotopic (exact) mass is 986 g/mol. The van der Waals surface area contributed by atoms with Crippen LogP contribution in [0.4, 0.5) is 0 Å². The van der Waals surface area contributed by atoms with E-state index < -0.39 is 97.7 Å². The molecule has 3 unspecified atom stereocenters. The van der Waals surface area contributed by atoms with E-state index in [1.807, 2.05) is 135 Å². The van der Waals surface area contributed by atoms with Gasteiger partial charge in [-0.05, 0) is 103 Å². The SMILES string of the molecule is CC(C(=O)OC(Cn1c(=O)[nH]c(=O)[nH]c1=O)(OC(=O)C(C)c1cc(C(C)(C)C)c(O)c(C(C)(C)C)c1)OC(=O)C(C)c1cc(C(C)(C)C)c(O)c(C(C)(C)C)c1)c1cc(C(C)(C)C)c(O)c(C(C)(C)C)c1. The number of hydrogen-bond donors (Lipinski definition) is 5. The predicted molar refractivity (Wildman–Crippen MR) is 275 cm³/mol. The lowest BCUT2D eigenvalue weighted by Gasteiger charge is -2.35. The second-order valence-electron chi connectivity index (χ2n) is 25.3. The number of H-pyrrole nitrogens is 2. The molecular weight excluding hydrogens is 907 g/mol. The third-order valence-electron chi connectivity index (χ3n) is 12.9. The summed E-state index contributed by atoms with van der Waals surface area (Å²) in [6.07, 6.45) is 0. The third kappa shape index (κ3) is 12.9. The Bertz CT molecular complexity index is 2490. The third-order valence-corrected chi connectivity index (χ3v) is 12.9. The summed E-state index contributed by atoms with van der Waals surface area (Å²) in [4.78, 5) is 88.2. The fourth-order valence-corrected chi connectivity index (χ4v) is 8.23. The van der Waals surface area contributed by atoms with Crippen LogP contribution in [0, 0.1) is 0 Å². The molecule has 0 fully saturated rings. The van der Waals surface area contributed by atoms with Crippen molar-refractivity contribution in [1.29, 1.82) is 0 Å². The number of benzene rings is 3. The van der Waals surface area contributed by atoms with Gasteiger partial charge in [-0.3, -0.25) is 24.4 Å². The van der Waals surface area contributed by atoms with Crippen molar-refractivity contribution in [1.82, 2.24) is 14.5 Å². The Labute approximate surface area is 418 Å². The number of phenols is 3. The molecule has 0 aliphatic carbocycles. The van der Waals surface area contributed by atoms with Crippen molar-refractivity contribution in [3.8, 4) is 17.2 Å². The highest BCUT2D eigenvalue weighted by Crippen LogP contribution is 2.45. The van der Waals surface area contributed by atoms with Gasteiger partial charge in [0, 0.05) is 0 Å². The van der Waals surface area contributed by atoms with Gasteiger partial charge in [0.1, 0.15) is 17.2 Å². The van der Waals surface area contributed by atoms with E-state index >= 15 is 0 Å². The molecule has 3 aromatic carbocycles. The number of nitrogens with one attached hydrogen (secondary N) is 2. The molecule has 4 rings (SSSR count). The minimum Gasteiger partial charge on any atom is -0.507 e. The molecule has 1 aromatic heterocycles. The minimum atomic E-state index is -3.24. The zero-order valence-electron chi connectivity index (χ0n) is 45.9. The van der Waals surface area contributed by atoms with Gasteiger partial charge in [-0.15, -0.1) is 0 Å². The molecule has 0 aliphatic heterocycles. The number of rotatable bonds is 11. The Kier molecular flexibility index (Phi) is 15.8. The Hall–Kier alpha value is -6.12. The van der Waals surface area contributed by atoms with Crippen LogP contribution >= 0.6 is 0 Å². The van der Waals surface area contributed by atoms with E-state index in [9.17, 15) is 44.1 Å². The fraction of sp³-hybridized carbons (Fsp3) is 0.571. The first-order chi connectivity index (χ1) is 31.9. The lowest BCUT2D eigenvalue weighted by molar-refractivity contribution is -0.337. The molecule has 71 heavy (non-hydrogen) atoms. The van der Waals surface area contributed by atoms with Crippen LogP contribution in [0.2, 0.25) is 0 Å². The number of aromatic amines is 2. The highest BCUT2D eigenvalue weighted by molar-refractivity contribution is 5.82. The maximum absolute atomic E-state index is 15.0. The molecule has 15 nitrogen and oxygen atoms in total.